The Labute approximate surface area is 183 Å². The highest BCUT2D eigenvalue weighted by molar-refractivity contribution is 5.79. The minimum absolute atomic E-state index is 0.0186. The Balaban J connectivity index is 1.59. The predicted molar refractivity (Wildman–Crippen MR) is 114 cm³/mol. The molecule has 32 heavy (non-hydrogen) atoms. The van der Waals surface area contributed by atoms with Crippen molar-refractivity contribution in [1.82, 2.24) is 20.2 Å². The maximum atomic E-state index is 14.4. The molecule has 0 radical (unpaired) electrons. The van der Waals surface area contributed by atoms with Gasteiger partial charge in [0, 0.05) is 25.5 Å². The zero-order valence-electron chi connectivity index (χ0n) is 17.4. The van der Waals surface area contributed by atoms with E-state index in [2.05, 4.69) is 25.3 Å². The van der Waals surface area contributed by atoms with E-state index in [1.165, 1.54) is 36.7 Å². The van der Waals surface area contributed by atoms with Gasteiger partial charge < -0.3 is 25.0 Å². The van der Waals surface area contributed by atoms with E-state index in [0.29, 0.717) is 29.3 Å². The summed E-state index contributed by atoms with van der Waals surface area (Å²) in [7, 11) is 0. The molecule has 0 aliphatic carbocycles. The van der Waals surface area contributed by atoms with Gasteiger partial charge >= 0.3 is 6.61 Å². The van der Waals surface area contributed by atoms with Crippen LogP contribution in [0.1, 0.15) is 24.2 Å². The van der Waals surface area contributed by atoms with Crippen LogP contribution in [-0.2, 0) is 6.54 Å². The third-order valence-corrected chi connectivity index (χ3v) is 4.51. The van der Waals surface area contributed by atoms with E-state index in [-0.39, 0.29) is 24.7 Å². The summed E-state index contributed by atoms with van der Waals surface area (Å²) < 4.78 is 44.8. The smallest absolute Gasteiger partial charge is 0.387 e. The Morgan fingerprint density at radius 2 is 1.97 bits per heavy atom. The van der Waals surface area contributed by atoms with Crippen molar-refractivity contribution in [3.05, 3.63) is 78.1 Å². The summed E-state index contributed by atoms with van der Waals surface area (Å²) >= 11 is 0. The van der Waals surface area contributed by atoms with Crippen molar-refractivity contribution >= 4 is 5.96 Å². The lowest BCUT2D eigenvalue weighted by molar-refractivity contribution is -0.0498. The molecular formula is C22H24F3N5O2. The Morgan fingerprint density at radius 3 is 2.59 bits per heavy atom. The van der Waals surface area contributed by atoms with E-state index < -0.39 is 12.7 Å². The molecule has 2 aromatic carbocycles. The fourth-order valence-electron chi connectivity index (χ4n) is 2.95. The molecule has 10 heteroatoms. The monoisotopic (exact) mass is 447 g/mol. The SMILES string of the molecule is CCNC(=NCc1ccc(-n2ccnc2)c(F)c1)NCC(O)c1ccc(OC(F)F)cc1. The minimum Gasteiger partial charge on any atom is -0.435 e. The summed E-state index contributed by atoms with van der Waals surface area (Å²) in [5.74, 6) is 0.0803. The fraction of sp³-hybridized carbons (Fsp3) is 0.273. The minimum atomic E-state index is -2.90. The van der Waals surface area contributed by atoms with Crippen molar-refractivity contribution in [1.29, 1.82) is 0 Å². The second-order valence-corrected chi connectivity index (χ2v) is 6.80. The van der Waals surface area contributed by atoms with Gasteiger partial charge in [-0.1, -0.05) is 18.2 Å². The van der Waals surface area contributed by atoms with Gasteiger partial charge in [-0.25, -0.2) is 14.4 Å². The number of benzene rings is 2. The van der Waals surface area contributed by atoms with E-state index in [1.807, 2.05) is 6.92 Å². The second-order valence-electron chi connectivity index (χ2n) is 6.80. The molecule has 0 aliphatic rings. The predicted octanol–water partition coefficient (Wildman–Crippen LogP) is 3.40. The number of hydrogen-bond acceptors (Lipinski definition) is 4. The van der Waals surface area contributed by atoms with Gasteiger partial charge in [0.1, 0.15) is 11.6 Å². The third kappa shape index (κ3) is 6.48. The van der Waals surface area contributed by atoms with Gasteiger partial charge in [0.05, 0.1) is 24.7 Å². The van der Waals surface area contributed by atoms with Crippen molar-refractivity contribution in [3.63, 3.8) is 0 Å². The number of alkyl halides is 2. The number of guanidine groups is 1. The number of halogens is 3. The Morgan fingerprint density at radius 1 is 1.19 bits per heavy atom. The number of aromatic nitrogens is 2. The van der Waals surface area contributed by atoms with Crippen LogP contribution in [0, 0.1) is 5.82 Å². The summed E-state index contributed by atoms with van der Waals surface area (Å²) in [5.41, 5.74) is 1.61. The molecule has 0 saturated carbocycles. The molecule has 1 atom stereocenters. The zero-order chi connectivity index (χ0) is 22.9. The van der Waals surface area contributed by atoms with Crippen molar-refractivity contribution in [3.8, 4) is 11.4 Å². The Kier molecular flexibility index (Phi) is 8.09. The number of hydrogen-bond donors (Lipinski definition) is 3. The molecule has 0 saturated heterocycles. The molecule has 1 unspecified atom stereocenters. The highest BCUT2D eigenvalue weighted by Crippen LogP contribution is 2.19. The summed E-state index contributed by atoms with van der Waals surface area (Å²) in [4.78, 5) is 8.34. The molecular weight excluding hydrogens is 423 g/mol. The van der Waals surface area contributed by atoms with Crippen LogP contribution in [0.4, 0.5) is 13.2 Å². The van der Waals surface area contributed by atoms with Crippen LogP contribution in [0.15, 0.2) is 66.2 Å². The first kappa shape index (κ1) is 23.1. The molecule has 3 rings (SSSR count). The molecule has 3 N–H and O–H groups in total. The zero-order valence-corrected chi connectivity index (χ0v) is 17.4. The second kappa shape index (κ2) is 11.2. The topological polar surface area (TPSA) is 83.7 Å². The average Bonchev–Trinajstić information content (AvgIpc) is 3.30. The molecule has 3 aromatic rings. The summed E-state index contributed by atoms with van der Waals surface area (Å²) in [6, 6.07) is 10.6. The van der Waals surface area contributed by atoms with Crippen LogP contribution in [0.3, 0.4) is 0 Å². The van der Waals surface area contributed by atoms with Crippen LogP contribution < -0.4 is 15.4 Å². The van der Waals surface area contributed by atoms with Crippen LogP contribution in [0.2, 0.25) is 0 Å². The van der Waals surface area contributed by atoms with E-state index in [9.17, 15) is 18.3 Å². The number of rotatable bonds is 9. The first-order chi connectivity index (χ1) is 15.5. The maximum absolute atomic E-state index is 14.4. The maximum Gasteiger partial charge on any atom is 0.387 e. The standard InChI is InChI=1S/C22H24F3N5O2/c1-2-27-22(29-13-20(31)16-4-6-17(7-5-16)32-21(24)25)28-12-15-3-8-19(18(23)11-15)30-10-9-26-14-30/h3-11,14,20-21,31H,2,12-13H2,1H3,(H2,27,28,29). The molecule has 1 heterocycles. The van der Waals surface area contributed by atoms with Gasteiger partial charge in [-0.3, -0.25) is 0 Å². The molecule has 170 valence electrons. The number of nitrogens with one attached hydrogen (secondary N) is 2. The summed E-state index contributed by atoms with van der Waals surface area (Å²) in [6.45, 7) is -0.0483. The average molecular weight is 447 g/mol. The van der Waals surface area contributed by atoms with Crippen molar-refractivity contribution < 1.29 is 23.0 Å². The van der Waals surface area contributed by atoms with E-state index in [4.69, 9.17) is 0 Å². The molecule has 0 amide bonds. The van der Waals surface area contributed by atoms with Crippen molar-refractivity contribution in [2.45, 2.75) is 26.2 Å². The van der Waals surface area contributed by atoms with Crippen LogP contribution in [0.5, 0.6) is 5.75 Å². The quantitative estimate of drug-likeness (QED) is 0.346. The largest absolute Gasteiger partial charge is 0.435 e. The van der Waals surface area contributed by atoms with Crippen LogP contribution in [0.25, 0.3) is 5.69 Å². The molecule has 0 bridgehead atoms. The number of nitrogens with zero attached hydrogens (tertiary/aromatic N) is 3. The van der Waals surface area contributed by atoms with E-state index >= 15 is 0 Å². The van der Waals surface area contributed by atoms with Gasteiger partial charge in [-0.05, 0) is 42.3 Å². The lowest BCUT2D eigenvalue weighted by atomic mass is 10.1. The van der Waals surface area contributed by atoms with Gasteiger partial charge in [-0.15, -0.1) is 0 Å². The molecule has 0 spiro atoms. The van der Waals surface area contributed by atoms with Gasteiger partial charge in [0.2, 0.25) is 0 Å². The highest BCUT2D eigenvalue weighted by Gasteiger charge is 2.11. The van der Waals surface area contributed by atoms with E-state index in [1.54, 1.807) is 29.1 Å². The summed E-state index contributed by atoms with van der Waals surface area (Å²) in [5, 5.41) is 16.4. The van der Waals surface area contributed by atoms with Crippen molar-refractivity contribution in [2.75, 3.05) is 13.1 Å². The number of aliphatic imine (C=N–C) groups is 1. The number of ether oxygens (including phenoxy) is 1. The number of aliphatic hydroxyl groups excluding tert-OH is 1. The molecule has 0 aliphatic heterocycles. The third-order valence-electron chi connectivity index (χ3n) is 4.51. The van der Waals surface area contributed by atoms with Gasteiger partial charge in [0.15, 0.2) is 5.96 Å². The number of aliphatic hydroxyl groups is 1. The fourth-order valence-corrected chi connectivity index (χ4v) is 2.95. The molecule has 1 aromatic heterocycles. The number of imidazole rings is 1. The Hall–Kier alpha value is -3.53. The Bertz CT molecular complexity index is 1010. The normalized spacial score (nSPS) is 12.6. The van der Waals surface area contributed by atoms with E-state index in [0.717, 1.165) is 0 Å². The van der Waals surface area contributed by atoms with Crippen LogP contribution in [-0.4, -0.2) is 40.3 Å². The van der Waals surface area contributed by atoms with Crippen molar-refractivity contribution in [2.24, 2.45) is 4.99 Å². The van der Waals surface area contributed by atoms with Gasteiger partial charge in [0.25, 0.3) is 0 Å². The van der Waals surface area contributed by atoms with Gasteiger partial charge in [-0.2, -0.15) is 8.78 Å². The lowest BCUT2D eigenvalue weighted by Crippen LogP contribution is -2.39. The highest BCUT2D eigenvalue weighted by atomic mass is 19.3. The van der Waals surface area contributed by atoms with Crippen LogP contribution >= 0.6 is 0 Å². The first-order valence-electron chi connectivity index (χ1n) is 9.98. The lowest BCUT2D eigenvalue weighted by Gasteiger charge is -2.16. The molecule has 7 nitrogen and oxygen atoms in total. The first-order valence-corrected chi connectivity index (χ1v) is 9.98. The molecule has 0 fully saturated rings. The summed E-state index contributed by atoms with van der Waals surface area (Å²) in [6.07, 6.45) is 3.86.